The predicted molar refractivity (Wildman–Crippen MR) is 88.5 cm³/mol. The molecule has 0 radical (unpaired) electrons. The van der Waals surface area contributed by atoms with Gasteiger partial charge in [0.25, 0.3) is 0 Å². The molecule has 0 saturated carbocycles. The lowest BCUT2D eigenvalue weighted by molar-refractivity contribution is 0.192. The van der Waals surface area contributed by atoms with E-state index in [0.717, 1.165) is 24.9 Å². The van der Waals surface area contributed by atoms with Crippen LogP contribution in [0.4, 0.5) is 9.18 Å². The number of amides is 2. The summed E-state index contributed by atoms with van der Waals surface area (Å²) in [6.45, 7) is 3.27. The van der Waals surface area contributed by atoms with Crippen molar-refractivity contribution in [3.05, 3.63) is 71.0 Å². The largest absolute Gasteiger partial charge is 0.334 e. The Labute approximate surface area is 136 Å². The summed E-state index contributed by atoms with van der Waals surface area (Å²) in [5.41, 5.74) is 3.34. The van der Waals surface area contributed by atoms with E-state index in [1.54, 1.807) is 12.1 Å². The molecule has 2 aromatic carbocycles. The molecule has 1 N–H and O–H groups in total. The van der Waals surface area contributed by atoms with Gasteiger partial charge in [-0.25, -0.2) is 9.18 Å². The number of likely N-dealkylation sites (tertiary alicyclic amines) is 1. The molecule has 0 unspecified atom stereocenters. The van der Waals surface area contributed by atoms with Crippen molar-refractivity contribution >= 4 is 6.03 Å². The van der Waals surface area contributed by atoms with Gasteiger partial charge in [-0.15, -0.1) is 0 Å². The molecule has 1 fully saturated rings. The quantitative estimate of drug-likeness (QED) is 0.906. The lowest BCUT2D eigenvalue weighted by atomic mass is 9.99. The van der Waals surface area contributed by atoms with Crippen LogP contribution in [0.3, 0.4) is 0 Å². The van der Waals surface area contributed by atoms with Crippen LogP contribution in [0.5, 0.6) is 0 Å². The lowest BCUT2D eigenvalue weighted by Crippen LogP contribution is -2.39. The van der Waals surface area contributed by atoms with Crippen molar-refractivity contribution in [3.63, 3.8) is 0 Å². The molecule has 3 rings (SSSR count). The minimum atomic E-state index is -0.265. The fraction of sp³-hybridized carbons (Fsp3) is 0.316. The average Bonchev–Trinajstić information content (AvgIpc) is 3.04. The summed E-state index contributed by atoms with van der Waals surface area (Å²) >= 11 is 0. The third-order valence-corrected chi connectivity index (χ3v) is 4.42. The van der Waals surface area contributed by atoms with Gasteiger partial charge in [0.2, 0.25) is 0 Å². The van der Waals surface area contributed by atoms with Crippen LogP contribution in [-0.4, -0.2) is 17.5 Å². The van der Waals surface area contributed by atoms with E-state index in [-0.39, 0.29) is 17.9 Å². The van der Waals surface area contributed by atoms with E-state index in [9.17, 15) is 9.18 Å². The van der Waals surface area contributed by atoms with Crippen LogP contribution in [0.25, 0.3) is 0 Å². The van der Waals surface area contributed by atoms with Gasteiger partial charge in [-0.05, 0) is 48.6 Å². The Morgan fingerprint density at radius 1 is 1.22 bits per heavy atom. The fourth-order valence-corrected chi connectivity index (χ4v) is 3.18. The molecule has 0 aromatic heterocycles. The smallest absolute Gasteiger partial charge is 0.318 e. The van der Waals surface area contributed by atoms with Gasteiger partial charge in [-0.2, -0.15) is 0 Å². The molecule has 120 valence electrons. The highest BCUT2D eigenvalue weighted by atomic mass is 19.1. The van der Waals surface area contributed by atoms with E-state index in [2.05, 4.69) is 24.4 Å². The van der Waals surface area contributed by atoms with Crippen LogP contribution in [0.1, 0.15) is 35.6 Å². The molecule has 0 bridgehead atoms. The zero-order chi connectivity index (χ0) is 16.2. The summed E-state index contributed by atoms with van der Waals surface area (Å²) < 4.78 is 12.9. The maximum absolute atomic E-state index is 12.9. The van der Waals surface area contributed by atoms with Gasteiger partial charge < -0.3 is 10.2 Å². The number of benzene rings is 2. The second-order valence-corrected chi connectivity index (χ2v) is 5.99. The van der Waals surface area contributed by atoms with Gasteiger partial charge in [0.05, 0.1) is 6.04 Å². The predicted octanol–water partition coefficient (Wildman–Crippen LogP) is 4.18. The molecule has 3 nitrogen and oxygen atoms in total. The standard InChI is InChI=1S/C19H21FN2O/c1-14-5-2-3-6-17(14)18-7-4-12-22(18)19(23)21-13-15-8-10-16(20)11-9-15/h2-3,5-6,8-11,18H,4,7,12-13H2,1H3,(H,21,23)/t18-/m0/s1. The van der Waals surface area contributed by atoms with Gasteiger partial charge in [0, 0.05) is 13.1 Å². The first-order chi connectivity index (χ1) is 11.1. The average molecular weight is 312 g/mol. The Morgan fingerprint density at radius 2 is 1.96 bits per heavy atom. The third-order valence-electron chi connectivity index (χ3n) is 4.42. The summed E-state index contributed by atoms with van der Waals surface area (Å²) in [6, 6.07) is 14.5. The summed E-state index contributed by atoms with van der Waals surface area (Å²) in [5.74, 6) is -0.265. The van der Waals surface area contributed by atoms with E-state index in [0.29, 0.717) is 6.54 Å². The van der Waals surface area contributed by atoms with Gasteiger partial charge in [0.15, 0.2) is 0 Å². The van der Waals surface area contributed by atoms with Gasteiger partial charge in [0.1, 0.15) is 5.82 Å². The molecule has 0 aliphatic carbocycles. The van der Waals surface area contributed by atoms with Crippen LogP contribution in [0.15, 0.2) is 48.5 Å². The number of nitrogens with one attached hydrogen (secondary N) is 1. The molecule has 4 heteroatoms. The molecule has 1 heterocycles. The molecular weight excluding hydrogens is 291 g/mol. The number of hydrogen-bond acceptors (Lipinski definition) is 1. The SMILES string of the molecule is Cc1ccccc1[C@@H]1CCCN1C(=O)NCc1ccc(F)cc1. The van der Waals surface area contributed by atoms with E-state index in [4.69, 9.17) is 0 Å². The second kappa shape index (κ2) is 6.82. The highest BCUT2D eigenvalue weighted by Gasteiger charge is 2.30. The van der Waals surface area contributed by atoms with E-state index >= 15 is 0 Å². The second-order valence-electron chi connectivity index (χ2n) is 5.99. The minimum Gasteiger partial charge on any atom is -0.334 e. The lowest BCUT2D eigenvalue weighted by Gasteiger charge is -2.26. The Hall–Kier alpha value is -2.36. The third kappa shape index (κ3) is 3.52. The molecule has 1 aliphatic rings. The van der Waals surface area contributed by atoms with E-state index < -0.39 is 0 Å². The minimum absolute atomic E-state index is 0.0555. The highest BCUT2D eigenvalue weighted by molar-refractivity contribution is 5.75. The topological polar surface area (TPSA) is 32.3 Å². The zero-order valence-corrected chi connectivity index (χ0v) is 13.3. The molecule has 0 spiro atoms. The maximum Gasteiger partial charge on any atom is 0.318 e. The van der Waals surface area contributed by atoms with Crippen molar-refractivity contribution in [2.75, 3.05) is 6.54 Å². The van der Waals surface area contributed by atoms with E-state index in [1.165, 1.54) is 23.3 Å². The number of urea groups is 1. The number of halogens is 1. The van der Waals surface area contributed by atoms with E-state index in [1.807, 2.05) is 17.0 Å². The van der Waals surface area contributed by atoms with Crippen molar-refractivity contribution in [1.29, 1.82) is 0 Å². The van der Waals surface area contributed by atoms with Crippen molar-refractivity contribution in [3.8, 4) is 0 Å². The van der Waals surface area contributed by atoms with Gasteiger partial charge in [-0.1, -0.05) is 36.4 Å². The summed E-state index contributed by atoms with van der Waals surface area (Å²) in [7, 11) is 0. The van der Waals surface area contributed by atoms with Gasteiger partial charge in [-0.3, -0.25) is 0 Å². The first kappa shape index (κ1) is 15.5. The molecule has 2 aromatic rings. The van der Waals surface area contributed by atoms with Crippen molar-refractivity contribution in [1.82, 2.24) is 10.2 Å². The van der Waals surface area contributed by atoms with Gasteiger partial charge >= 0.3 is 6.03 Å². The van der Waals surface area contributed by atoms with Crippen LogP contribution < -0.4 is 5.32 Å². The molecule has 2 amide bonds. The first-order valence-electron chi connectivity index (χ1n) is 7.99. The van der Waals surface area contributed by atoms with Crippen molar-refractivity contribution < 1.29 is 9.18 Å². The Bertz CT molecular complexity index is 684. The number of carbonyl (C=O) groups excluding carboxylic acids is 1. The normalized spacial score (nSPS) is 17.3. The van der Waals surface area contributed by atoms with Crippen LogP contribution in [0.2, 0.25) is 0 Å². The number of hydrogen-bond donors (Lipinski definition) is 1. The summed E-state index contributed by atoms with van der Waals surface area (Å²) in [5, 5.41) is 2.94. The first-order valence-corrected chi connectivity index (χ1v) is 7.99. The Morgan fingerprint density at radius 3 is 2.70 bits per heavy atom. The molecule has 23 heavy (non-hydrogen) atoms. The Balaban J connectivity index is 1.66. The summed E-state index contributed by atoms with van der Waals surface area (Å²) in [4.78, 5) is 14.4. The molecule has 1 saturated heterocycles. The number of aryl methyl sites for hydroxylation is 1. The molecule has 1 atom stereocenters. The Kier molecular flexibility index (Phi) is 4.60. The van der Waals surface area contributed by atoms with Crippen molar-refractivity contribution in [2.24, 2.45) is 0 Å². The number of nitrogens with zero attached hydrogens (tertiary/aromatic N) is 1. The zero-order valence-electron chi connectivity index (χ0n) is 13.3. The van der Waals surface area contributed by atoms with Crippen LogP contribution in [-0.2, 0) is 6.54 Å². The van der Waals surface area contributed by atoms with Crippen LogP contribution in [0, 0.1) is 12.7 Å². The summed E-state index contributed by atoms with van der Waals surface area (Å²) in [6.07, 6.45) is 2.01. The number of rotatable bonds is 3. The highest BCUT2D eigenvalue weighted by Crippen LogP contribution is 2.33. The monoisotopic (exact) mass is 312 g/mol. The van der Waals surface area contributed by atoms with Crippen molar-refractivity contribution in [2.45, 2.75) is 32.4 Å². The maximum atomic E-state index is 12.9. The number of carbonyl (C=O) groups is 1. The molecular formula is C19H21FN2O. The fourth-order valence-electron chi connectivity index (χ4n) is 3.18. The van der Waals surface area contributed by atoms with Crippen LogP contribution >= 0.6 is 0 Å². The molecule has 1 aliphatic heterocycles.